The third-order valence-electron chi connectivity index (χ3n) is 5.77. The van der Waals surface area contributed by atoms with Gasteiger partial charge in [0.2, 0.25) is 5.91 Å². The van der Waals surface area contributed by atoms with Crippen molar-refractivity contribution < 1.29 is 13.9 Å². The molecular formula is C24H28N2O3. The Balaban J connectivity index is 1.50. The minimum Gasteiger partial charge on any atom is -0.464 e. The molecule has 4 rings (SSSR count). The molecule has 1 saturated heterocycles. The molecule has 1 aromatic heterocycles. The number of hydrogen-bond donors (Lipinski definition) is 1. The van der Waals surface area contributed by atoms with Crippen LogP contribution in [0.1, 0.15) is 28.3 Å². The lowest BCUT2D eigenvalue weighted by Gasteiger charge is -2.31. The van der Waals surface area contributed by atoms with E-state index in [2.05, 4.69) is 42.3 Å². The SMILES string of the molecule is Cc1ccc2c(CC(=O)N[C@H](CN3CCOCC3)c3ccccc3)coc2c1C. The summed E-state index contributed by atoms with van der Waals surface area (Å²) in [6, 6.07) is 14.3. The van der Waals surface area contributed by atoms with E-state index in [-0.39, 0.29) is 11.9 Å². The maximum Gasteiger partial charge on any atom is 0.225 e. The second-order valence-electron chi connectivity index (χ2n) is 7.77. The van der Waals surface area contributed by atoms with Gasteiger partial charge in [-0.05, 0) is 30.5 Å². The summed E-state index contributed by atoms with van der Waals surface area (Å²) in [5.41, 5.74) is 5.25. The van der Waals surface area contributed by atoms with Gasteiger partial charge in [-0.25, -0.2) is 0 Å². The van der Waals surface area contributed by atoms with E-state index in [9.17, 15) is 4.79 Å². The number of ether oxygens (including phenoxy) is 1. The van der Waals surface area contributed by atoms with E-state index in [1.54, 1.807) is 6.26 Å². The van der Waals surface area contributed by atoms with Crippen LogP contribution < -0.4 is 5.32 Å². The van der Waals surface area contributed by atoms with Crippen LogP contribution in [0.15, 0.2) is 53.1 Å². The molecule has 5 nitrogen and oxygen atoms in total. The fourth-order valence-electron chi connectivity index (χ4n) is 3.91. The standard InChI is InChI=1S/C24H28N2O3/c1-17-8-9-21-20(16-29-24(21)18(17)2)14-23(27)25-22(19-6-4-3-5-7-19)15-26-10-12-28-13-11-26/h3-9,16,22H,10-15H2,1-2H3,(H,25,27)/t22-/m1/s1. The highest BCUT2D eigenvalue weighted by molar-refractivity contribution is 5.89. The van der Waals surface area contributed by atoms with Crippen molar-refractivity contribution in [2.24, 2.45) is 0 Å². The average Bonchev–Trinajstić information content (AvgIpc) is 3.15. The maximum absolute atomic E-state index is 12.9. The number of nitrogens with one attached hydrogen (secondary N) is 1. The van der Waals surface area contributed by atoms with Crippen LogP contribution in [0.3, 0.4) is 0 Å². The van der Waals surface area contributed by atoms with Crippen LogP contribution in [0.5, 0.6) is 0 Å². The largest absolute Gasteiger partial charge is 0.464 e. The lowest BCUT2D eigenvalue weighted by atomic mass is 10.0. The summed E-state index contributed by atoms with van der Waals surface area (Å²) in [7, 11) is 0. The predicted octanol–water partition coefficient (Wildman–Crippen LogP) is 3.78. The summed E-state index contributed by atoms with van der Waals surface area (Å²) < 4.78 is 11.2. The lowest BCUT2D eigenvalue weighted by molar-refractivity contribution is -0.121. The fourth-order valence-corrected chi connectivity index (χ4v) is 3.91. The van der Waals surface area contributed by atoms with Crippen molar-refractivity contribution in [3.05, 3.63) is 71.0 Å². The van der Waals surface area contributed by atoms with Gasteiger partial charge in [0.1, 0.15) is 5.58 Å². The van der Waals surface area contributed by atoms with E-state index in [0.29, 0.717) is 6.42 Å². The molecule has 3 aromatic rings. The molecular weight excluding hydrogens is 364 g/mol. The Morgan fingerprint density at radius 1 is 1.10 bits per heavy atom. The van der Waals surface area contributed by atoms with E-state index in [4.69, 9.17) is 9.15 Å². The summed E-state index contributed by atoms with van der Waals surface area (Å²) >= 11 is 0. The van der Waals surface area contributed by atoms with Gasteiger partial charge in [-0.1, -0.05) is 42.5 Å². The van der Waals surface area contributed by atoms with Gasteiger partial charge in [0, 0.05) is 30.6 Å². The van der Waals surface area contributed by atoms with Gasteiger partial charge in [-0.3, -0.25) is 9.69 Å². The van der Waals surface area contributed by atoms with Crippen LogP contribution in [0.25, 0.3) is 11.0 Å². The molecule has 5 heteroatoms. The second-order valence-corrected chi connectivity index (χ2v) is 7.77. The van der Waals surface area contributed by atoms with Gasteiger partial charge in [0.25, 0.3) is 0 Å². The molecule has 0 unspecified atom stereocenters. The molecule has 1 aliphatic rings. The molecule has 1 fully saturated rings. The highest BCUT2D eigenvalue weighted by atomic mass is 16.5. The van der Waals surface area contributed by atoms with Gasteiger partial charge in [-0.15, -0.1) is 0 Å². The van der Waals surface area contributed by atoms with Gasteiger partial charge in [0.05, 0.1) is 31.9 Å². The van der Waals surface area contributed by atoms with Crippen LogP contribution >= 0.6 is 0 Å². The molecule has 1 atom stereocenters. The molecule has 0 saturated carbocycles. The van der Waals surface area contributed by atoms with E-state index in [1.165, 1.54) is 5.56 Å². The third kappa shape index (κ3) is 4.52. The zero-order valence-electron chi connectivity index (χ0n) is 17.1. The van der Waals surface area contributed by atoms with Crippen LogP contribution in [-0.2, 0) is 16.0 Å². The number of rotatable bonds is 6. The van der Waals surface area contributed by atoms with Crippen LogP contribution in [-0.4, -0.2) is 43.7 Å². The predicted molar refractivity (Wildman–Crippen MR) is 114 cm³/mol. The molecule has 1 aliphatic heterocycles. The monoisotopic (exact) mass is 392 g/mol. The smallest absolute Gasteiger partial charge is 0.225 e. The highest BCUT2D eigenvalue weighted by Gasteiger charge is 2.21. The molecule has 2 heterocycles. The van der Waals surface area contributed by atoms with Crippen LogP contribution in [0.4, 0.5) is 0 Å². The van der Waals surface area contributed by atoms with E-state index < -0.39 is 0 Å². The second kappa shape index (κ2) is 8.80. The first-order valence-electron chi connectivity index (χ1n) is 10.2. The molecule has 0 aliphatic carbocycles. The number of nitrogens with zero attached hydrogens (tertiary/aromatic N) is 1. The van der Waals surface area contributed by atoms with Crippen molar-refractivity contribution in [1.29, 1.82) is 0 Å². The zero-order valence-corrected chi connectivity index (χ0v) is 17.1. The topological polar surface area (TPSA) is 54.7 Å². The number of aryl methyl sites for hydroxylation is 2. The summed E-state index contributed by atoms with van der Waals surface area (Å²) in [5, 5.41) is 4.27. The Morgan fingerprint density at radius 2 is 1.86 bits per heavy atom. The number of fused-ring (bicyclic) bond motifs is 1. The summed E-state index contributed by atoms with van der Waals surface area (Å²) in [6.45, 7) is 8.18. The third-order valence-corrected chi connectivity index (χ3v) is 5.77. The quantitative estimate of drug-likeness (QED) is 0.694. The number of furan rings is 1. The lowest BCUT2D eigenvalue weighted by Crippen LogP contribution is -2.43. The Labute approximate surface area is 171 Å². The highest BCUT2D eigenvalue weighted by Crippen LogP contribution is 2.27. The van der Waals surface area contributed by atoms with Crippen molar-refractivity contribution in [1.82, 2.24) is 10.2 Å². The minimum absolute atomic E-state index is 0.00744. The van der Waals surface area contributed by atoms with Crippen molar-refractivity contribution in [3.63, 3.8) is 0 Å². The number of amides is 1. The molecule has 0 radical (unpaired) electrons. The number of morpholine rings is 1. The number of benzene rings is 2. The van der Waals surface area contributed by atoms with Crippen LogP contribution in [0.2, 0.25) is 0 Å². The number of carbonyl (C=O) groups is 1. The summed E-state index contributed by atoms with van der Waals surface area (Å²) in [5.74, 6) is 0.00744. The summed E-state index contributed by atoms with van der Waals surface area (Å²) in [4.78, 5) is 15.3. The first-order chi connectivity index (χ1) is 14.1. The van der Waals surface area contributed by atoms with Gasteiger partial charge < -0.3 is 14.5 Å². The molecule has 0 spiro atoms. The van der Waals surface area contributed by atoms with Gasteiger partial charge >= 0.3 is 0 Å². The molecule has 152 valence electrons. The van der Waals surface area contributed by atoms with E-state index >= 15 is 0 Å². The minimum atomic E-state index is -0.0519. The van der Waals surface area contributed by atoms with Crippen molar-refractivity contribution in [2.45, 2.75) is 26.3 Å². The first-order valence-corrected chi connectivity index (χ1v) is 10.2. The molecule has 1 N–H and O–H groups in total. The molecule has 1 amide bonds. The Morgan fingerprint density at radius 3 is 2.62 bits per heavy atom. The Kier molecular flexibility index (Phi) is 5.97. The summed E-state index contributed by atoms with van der Waals surface area (Å²) in [6.07, 6.45) is 2.03. The first kappa shape index (κ1) is 19.7. The Hall–Kier alpha value is -2.63. The normalized spacial score (nSPS) is 16.1. The zero-order chi connectivity index (χ0) is 20.2. The Bertz CT molecular complexity index is 974. The maximum atomic E-state index is 12.9. The molecule has 2 aromatic carbocycles. The van der Waals surface area contributed by atoms with Gasteiger partial charge in [-0.2, -0.15) is 0 Å². The van der Waals surface area contributed by atoms with Crippen molar-refractivity contribution >= 4 is 16.9 Å². The van der Waals surface area contributed by atoms with Gasteiger partial charge in [0.15, 0.2) is 0 Å². The number of carbonyl (C=O) groups excluding carboxylic acids is 1. The number of hydrogen-bond acceptors (Lipinski definition) is 4. The molecule has 0 bridgehead atoms. The average molecular weight is 392 g/mol. The van der Waals surface area contributed by atoms with Crippen molar-refractivity contribution in [2.75, 3.05) is 32.8 Å². The van der Waals surface area contributed by atoms with Crippen molar-refractivity contribution in [3.8, 4) is 0 Å². The fraction of sp³-hybridized carbons (Fsp3) is 0.375. The van der Waals surface area contributed by atoms with E-state index in [1.807, 2.05) is 24.3 Å². The van der Waals surface area contributed by atoms with E-state index in [0.717, 1.165) is 60.5 Å². The van der Waals surface area contributed by atoms with Crippen LogP contribution in [0, 0.1) is 13.8 Å². The molecule has 29 heavy (non-hydrogen) atoms.